The summed E-state index contributed by atoms with van der Waals surface area (Å²) in [6.45, 7) is 5.14. The van der Waals surface area contributed by atoms with Gasteiger partial charge in [0.05, 0.1) is 0 Å². The first kappa shape index (κ1) is 9.30. The van der Waals surface area contributed by atoms with Gasteiger partial charge < -0.3 is 9.83 Å². The third kappa shape index (κ3) is 2.73. The molecule has 0 rings (SSSR count). The predicted molar refractivity (Wildman–Crippen MR) is 41.9 cm³/mol. The van der Waals surface area contributed by atoms with Crippen LogP contribution in [0.15, 0.2) is 12.7 Å². The van der Waals surface area contributed by atoms with Crippen LogP contribution in [0.3, 0.4) is 0 Å². The molecule has 0 fully saturated rings. The second-order valence-electron chi connectivity index (χ2n) is 1.91. The van der Waals surface area contributed by atoms with Gasteiger partial charge in [0.25, 0.3) is 0 Å². The summed E-state index contributed by atoms with van der Waals surface area (Å²) in [5.41, 5.74) is 0. The summed E-state index contributed by atoms with van der Waals surface area (Å²) in [5.74, 6) is -0.644. The maximum atomic E-state index is 10.5. The van der Waals surface area contributed by atoms with Crippen molar-refractivity contribution in [3.05, 3.63) is 12.7 Å². The van der Waals surface area contributed by atoms with E-state index in [1.54, 1.807) is 0 Å². The molecule has 3 nitrogen and oxygen atoms in total. The van der Waals surface area contributed by atoms with Gasteiger partial charge in [-0.2, -0.15) is 0 Å². The zero-order valence-corrected chi connectivity index (χ0v) is 5.95. The minimum Gasteiger partial charge on any atom is -0.432 e. The van der Waals surface area contributed by atoms with Crippen LogP contribution in [0, 0.1) is 0 Å². The van der Waals surface area contributed by atoms with Gasteiger partial charge in [0.1, 0.15) is 5.81 Å². The van der Waals surface area contributed by atoms with Crippen molar-refractivity contribution in [3.63, 3.8) is 0 Å². The third-order valence-electron chi connectivity index (χ3n) is 1.06. The average molecular weight is 137 g/mol. The Labute approximate surface area is 62.3 Å². The van der Waals surface area contributed by atoms with E-state index in [1.165, 1.54) is 12.9 Å². The van der Waals surface area contributed by atoms with E-state index < -0.39 is 12.9 Å². The summed E-state index contributed by atoms with van der Waals surface area (Å²) in [4.78, 5) is 11.6. The van der Waals surface area contributed by atoms with Crippen LogP contribution >= 0.6 is 0 Å². The molecule has 0 atom stereocenters. The zero-order chi connectivity index (χ0) is 8.15. The first-order valence-electron chi connectivity index (χ1n) is 2.94. The van der Waals surface area contributed by atoms with E-state index in [2.05, 4.69) is 6.58 Å². The zero-order valence-electron chi connectivity index (χ0n) is 5.95. The molecule has 0 unspecified atom stereocenters. The van der Waals surface area contributed by atoms with Crippen molar-refractivity contribution in [2.75, 3.05) is 6.54 Å². The van der Waals surface area contributed by atoms with Crippen LogP contribution in [-0.4, -0.2) is 37.1 Å². The second-order valence-corrected chi connectivity index (χ2v) is 1.91. The van der Waals surface area contributed by atoms with Gasteiger partial charge in [-0.05, 0) is 6.82 Å². The van der Waals surface area contributed by atoms with Crippen LogP contribution in [0.5, 0.6) is 0 Å². The van der Waals surface area contributed by atoms with Crippen molar-refractivity contribution in [2.45, 2.75) is 6.82 Å². The number of hydrogen-bond acceptors (Lipinski definition) is 2. The maximum absolute atomic E-state index is 10.5. The Bertz CT molecular complexity index is 138. The molecular formula is C5H9B2NO2. The predicted octanol–water partition coefficient (Wildman–Crippen LogP) is -0.127. The molecule has 0 bridgehead atoms. The molecule has 0 aromatic rings. The summed E-state index contributed by atoms with van der Waals surface area (Å²) in [5, 5.41) is 8.89. The Hall–Kier alpha value is -0.700. The van der Waals surface area contributed by atoms with E-state index >= 15 is 0 Å². The molecule has 0 saturated heterocycles. The van der Waals surface area contributed by atoms with Crippen LogP contribution in [0.2, 0.25) is 6.82 Å². The normalized spacial score (nSPS) is 8.60. The van der Waals surface area contributed by atoms with E-state index in [9.17, 15) is 4.79 Å². The monoisotopic (exact) mass is 137 g/mol. The number of hydrogen-bond donors (Lipinski definition) is 1. The minimum absolute atomic E-state index is 0.271. The van der Waals surface area contributed by atoms with E-state index in [0.717, 1.165) is 4.81 Å². The number of carbonyl (C=O) groups is 1. The van der Waals surface area contributed by atoms with Crippen molar-refractivity contribution in [1.29, 1.82) is 0 Å². The van der Waals surface area contributed by atoms with Crippen LogP contribution < -0.4 is 0 Å². The molecule has 0 spiro atoms. The van der Waals surface area contributed by atoms with Gasteiger partial charge in [-0.1, -0.05) is 6.08 Å². The van der Waals surface area contributed by atoms with Crippen LogP contribution in [0.4, 0.5) is 4.79 Å². The van der Waals surface area contributed by atoms with Gasteiger partial charge in [-0.15, -0.1) is 6.58 Å². The fourth-order valence-corrected chi connectivity index (χ4v) is 0.566. The lowest BCUT2D eigenvalue weighted by atomic mass is 9.82. The molecule has 1 N–H and O–H groups in total. The van der Waals surface area contributed by atoms with Crippen molar-refractivity contribution in [1.82, 2.24) is 4.81 Å². The van der Waals surface area contributed by atoms with Crippen LogP contribution in [0.25, 0.3) is 0 Å². The quantitative estimate of drug-likeness (QED) is 0.434. The molecule has 10 heavy (non-hydrogen) atoms. The summed E-state index contributed by atoms with van der Waals surface area (Å²) >= 11 is 0. The number of nitrogens with zero attached hydrogens (tertiary/aromatic N) is 1. The number of carbonyl (C=O) groups excluding carboxylic acids is 1. The van der Waals surface area contributed by atoms with Gasteiger partial charge >= 0.3 is 7.05 Å². The molecular weight excluding hydrogens is 128 g/mol. The number of rotatable bonds is 3. The van der Waals surface area contributed by atoms with Gasteiger partial charge in [0, 0.05) is 6.54 Å². The minimum atomic E-state index is -0.851. The molecule has 0 aliphatic carbocycles. The Morgan fingerprint density at radius 1 is 2.00 bits per heavy atom. The summed E-state index contributed by atoms with van der Waals surface area (Å²) in [7, 11) is 4.05. The Morgan fingerprint density at radius 2 is 2.50 bits per heavy atom. The molecule has 5 heteroatoms. The second kappa shape index (κ2) is 4.17. The molecule has 0 aliphatic heterocycles. The fraction of sp³-hybridized carbons (Fsp3) is 0.400. The third-order valence-corrected chi connectivity index (χ3v) is 1.06. The van der Waals surface area contributed by atoms with E-state index in [4.69, 9.17) is 12.9 Å². The van der Waals surface area contributed by atoms with Crippen molar-refractivity contribution in [2.24, 2.45) is 0 Å². The maximum Gasteiger partial charge on any atom is 0.411 e. The molecule has 0 aromatic heterocycles. The average Bonchev–Trinajstić information content (AvgIpc) is 1.81. The molecule has 0 saturated carbocycles. The SMILES string of the molecule is [B]C(=O)N(CC=C)B(C)O. The van der Waals surface area contributed by atoms with E-state index in [-0.39, 0.29) is 6.54 Å². The Kier molecular flexibility index (Phi) is 3.88. The van der Waals surface area contributed by atoms with Gasteiger partial charge in [-0.3, -0.25) is 4.79 Å². The molecule has 52 valence electrons. The fourth-order valence-electron chi connectivity index (χ4n) is 0.566. The van der Waals surface area contributed by atoms with Crippen LogP contribution in [0.1, 0.15) is 0 Å². The standard InChI is InChI=1S/C5H9B2NO2/c1-3-4-8(5(6)9)7(2)10/h3,10H,1,4H2,2H3. The largest absolute Gasteiger partial charge is 0.432 e. The van der Waals surface area contributed by atoms with Crippen LogP contribution in [-0.2, 0) is 0 Å². The lowest BCUT2D eigenvalue weighted by Gasteiger charge is -2.19. The summed E-state index contributed by atoms with van der Waals surface area (Å²) in [6.07, 6.45) is 1.50. The van der Waals surface area contributed by atoms with Gasteiger partial charge in [0.2, 0.25) is 0 Å². The van der Waals surface area contributed by atoms with E-state index in [1.807, 2.05) is 0 Å². The Balaban J connectivity index is 3.97. The number of amides is 1. The highest BCUT2D eigenvalue weighted by Crippen LogP contribution is 1.91. The summed E-state index contributed by atoms with van der Waals surface area (Å²) in [6, 6.07) is 0. The van der Waals surface area contributed by atoms with Crippen molar-refractivity contribution < 1.29 is 9.82 Å². The summed E-state index contributed by atoms with van der Waals surface area (Å²) < 4.78 is 0. The lowest BCUT2D eigenvalue weighted by molar-refractivity contribution is 0.243. The molecule has 0 aromatic carbocycles. The highest BCUT2D eigenvalue weighted by Gasteiger charge is 2.15. The Morgan fingerprint density at radius 3 is 2.60 bits per heavy atom. The molecule has 2 radical (unpaired) electrons. The smallest absolute Gasteiger partial charge is 0.411 e. The first-order chi connectivity index (χ1) is 4.59. The van der Waals surface area contributed by atoms with Crippen molar-refractivity contribution in [3.8, 4) is 0 Å². The molecule has 1 amide bonds. The van der Waals surface area contributed by atoms with E-state index in [0.29, 0.717) is 0 Å². The molecule has 0 aliphatic rings. The highest BCUT2D eigenvalue weighted by atomic mass is 16.2. The van der Waals surface area contributed by atoms with Gasteiger partial charge in [0.15, 0.2) is 7.85 Å². The lowest BCUT2D eigenvalue weighted by Crippen LogP contribution is -2.41. The molecule has 0 heterocycles. The first-order valence-corrected chi connectivity index (χ1v) is 2.94. The van der Waals surface area contributed by atoms with Gasteiger partial charge in [-0.25, -0.2) is 0 Å². The highest BCUT2D eigenvalue weighted by molar-refractivity contribution is 6.64. The topological polar surface area (TPSA) is 40.5 Å². The van der Waals surface area contributed by atoms with Crippen molar-refractivity contribution >= 4 is 20.7 Å².